The highest BCUT2D eigenvalue weighted by molar-refractivity contribution is 5.88. The molecule has 2 aliphatic rings. The van der Waals surface area contributed by atoms with Crippen molar-refractivity contribution in [1.29, 1.82) is 0 Å². The summed E-state index contributed by atoms with van der Waals surface area (Å²) in [7, 11) is 0. The fourth-order valence-corrected chi connectivity index (χ4v) is 4.37. The first-order chi connectivity index (χ1) is 17.0. The number of nitrogens with zero attached hydrogens (tertiary/aromatic N) is 2. The summed E-state index contributed by atoms with van der Waals surface area (Å²) in [5.41, 5.74) is 4.08. The highest BCUT2D eigenvalue weighted by Crippen LogP contribution is 2.29. The molecule has 1 atom stereocenters. The Kier molecular flexibility index (Phi) is 8.03. The molecule has 2 aromatic rings. The molecule has 4 rings (SSSR count). The van der Waals surface area contributed by atoms with Gasteiger partial charge >= 0.3 is 5.97 Å². The van der Waals surface area contributed by atoms with Gasteiger partial charge in [-0.1, -0.05) is 42.0 Å². The molecule has 0 amide bonds. The fraction of sp³-hybridized carbons (Fsp3) is 0.241. The summed E-state index contributed by atoms with van der Waals surface area (Å²) >= 11 is 0. The van der Waals surface area contributed by atoms with Crippen LogP contribution in [0, 0.1) is 11.7 Å². The SMILES string of the molecule is O=C(O)/C1=C(\CCC2C=CC(F)=CC2)C\C=C/C(/C=C(/Cn2ccnc2)c2ccc(F)cc2)=C\C1. The lowest BCUT2D eigenvalue weighted by Crippen LogP contribution is -2.07. The molecule has 1 unspecified atom stereocenters. The minimum absolute atomic E-state index is 0.209. The number of benzene rings is 1. The number of aliphatic carboxylic acids is 1. The Morgan fingerprint density at radius 3 is 2.66 bits per heavy atom. The number of carboxylic acids is 1. The van der Waals surface area contributed by atoms with Gasteiger partial charge in [-0.15, -0.1) is 0 Å². The average Bonchev–Trinajstić information content (AvgIpc) is 3.34. The average molecular weight is 475 g/mol. The number of carboxylic acid groups (broad SMARTS) is 1. The van der Waals surface area contributed by atoms with Gasteiger partial charge in [0.1, 0.15) is 11.6 Å². The van der Waals surface area contributed by atoms with Crippen LogP contribution in [0.1, 0.15) is 37.7 Å². The predicted molar refractivity (Wildman–Crippen MR) is 133 cm³/mol. The molecule has 1 aromatic heterocycles. The standard InChI is InChI=1S/C29H28F2N2O2/c30-26-11-5-21(6-12-26)4-8-24-3-1-2-22(7-15-28(24)29(34)35)18-25(19-33-17-16-32-20-33)23-9-13-27(31)14-10-23/h1-2,5,7,9-14,16-18,20-21H,3-4,6,8,15,19H2,(H,34,35)/b2-1-,22-7+,25-18-,28-24-. The number of allylic oxidation sites excluding steroid dienone is 11. The van der Waals surface area contributed by atoms with Crippen LogP contribution in [-0.4, -0.2) is 20.6 Å². The molecular formula is C29H28F2N2O2. The second kappa shape index (κ2) is 11.6. The Balaban J connectivity index is 1.56. The summed E-state index contributed by atoms with van der Waals surface area (Å²) in [6.45, 7) is 0.549. The molecule has 0 saturated heterocycles. The van der Waals surface area contributed by atoms with Gasteiger partial charge in [-0.25, -0.2) is 18.6 Å². The van der Waals surface area contributed by atoms with Gasteiger partial charge in [-0.2, -0.15) is 0 Å². The molecule has 0 bridgehead atoms. The Bertz CT molecular complexity index is 1230. The van der Waals surface area contributed by atoms with Crippen molar-refractivity contribution < 1.29 is 18.7 Å². The van der Waals surface area contributed by atoms with Gasteiger partial charge < -0.3 is 9.67 Å². The van der Waals surface area contributed by atoms with Crippen LogP contribution < -0.4 is 0 Å². The zero-order valence-corrected chi connectivity index (χ0v) is 19.4. The second-order valence-electron chi connectivity index (χ2n) is 8.80. The quantitative estimate of drug-likeness (QED) is 0.449. The smallest absolute Gasteiger partial charge is 0.331 e. The van der Waals surface area contributed by atoms with E-state index in [-0.39, 0.29) is 17.6 Å². The van der Waals surface area contributed by atoms with Crippen molar-refractivity contribution in [2.75, 3.05) is 0 Å². The Morgan fingerprint density at radius 1 is 1.14 bits per heavy atom. The molecule has 180 valence electrons. The molecular weight excluding hydrogens is 446 g/mol. The topological polar surface area (TPSA) is 55.1 Å². The summed E-state index contributed by atoms with van der Waals surface area (Å²) in [5.74, 6) is -1.19. The van der Waals surface area contributed by atoms with Crippen molar-refractivity contribution in [3.63, 3.8) is 0 Å². The zero-order chi connectivity index (χ0) is 24.6. The van der Waals surface area contributed by atoms with E-state index in [9.17, 15) is 18.7 Å². The van der Waals surface area contributed by atoms with Gasteiger partial charge in [0, 0.05) is 24.5 Å². The molecule has 1 aromatic carbocycles. The van der Waals surface area contributed by atoms with E-state index in [1.165, 1.54) is 18.2 Å². The van der Waals surface area contributed by atoms with Crippen LogP contribution in [0.15, 0.2) is 108 Å². The van der Waals surface area contributed by atoms with Crippen LogP contribution in [0.5, 0.6) is 0 Å². The minimum Gasteiger partial charge on any atom is -0.478 e. The summed E-state index contributed by atoms with van der Waals surface area (Å²) in [4.78, 5) is 16.2. The highest BCUT2D eigenvalue weighted by atomic mass is 19.1. The van der Waals surface area contributed by atoms with E-state index in [4.69, 9.17) is 0 Å². The Labute approximate surface area is 204 Å². The summed E-state index contributed by atoms with van der Waals surface area (Å²) in [6.07, 6.45) is 21.2. The van der Waals surface area contributed by atoms with Crippen molar-refractivity contribution in [3.8, 4) is 0 Å². The molecule has 0 saturated carbocycles. The van der Waals surface area contributed by atoms with Gasteiger partial charge in [-0.05, 0) is 85.1 Å². The van der Waals surface area contributed by atoms with Crippen LogP contribution in [0.3, 0.4) is 0 Å². The van der Waals surface area contributed by atoms with Crippen molar-refractivity contribution >= 4 is 11.5 Å². The first-order valence-corrected chi connectivity index (χ1v) is 11.7. The molecule has 35 heavy (non-hydrogen) atoms. The van der Waals surface area contributed by atoms with Gasteiger partial charge in [0.2, 0.25) is 0 Å². The van der Waals surface area contributed by atoms with E-state index < -0.39 is 5.97 Å². The van der Waals surface area contributed by atoms with Crippen LogP contribution >= 0.6 is 0 Å². The molecule has 0 fully saturated rings. The third kappa shape index (κ3) is 6.85. The van der Waals surface area contributed by atoms with Gasteiger partial charge in [0.25, 0.3) is 0 Å². The summed E-state index contributed by atoms with van der Waals surface area (Å²) in [5, 5.41) is 9.90. The number of aromatic nitrogens is 2. The third-order valence-corrected chi connectivity index (χ3v) is 6.33. The van der Waals surface area contributed by atoms with E-state index >= 15 is 0 Å². The van der Waals surface area contributed by atoms with E-state index in [0.717, 1.165) is 28.7 Å². The fourth-order valence-electron chi connectivity index (χ4n) is 4.37. The number of imidazole rings is 1. The van der Waals surface area contributed by atoms with Crippen molar-refractivity contribution in [2.24, 2.45) is 5.92 Å². The molecule has 6 heteroatoms. The molecule has 4 nitrogen and oxygen atoms in total. The normalized spacial score (nSPS) is 23.1. The third-order valence-electron chi connectivity index (χ3n) is 6.33. The monoisotopic (exact) mass is 474 g/mol. The Hall–Kier alpha value is -3.80. The molecule has 0 radical (unpaired) electrons. The molecule has 1 N–H and O–H groups in total. The van der Waals surface area contributed by atoms with Gasteiger partial charge in [0.05, 0.1) is 6.33 Å². The maximum Gasteiger partial charge on any atom is 0.331 e. The van der Waals surface area contributed by atoms with E-state index in [1.807, 2.05) is 41.1 Å². The summed E-state index contributed by atoms with van der Waals surface area (Å²) < 4.78 is 28.7. The minimum atomic E-state index is -0.905. The van der Waals surface area contributed by atoms with Crippen LogP contribution in [-0.2, 0) is 11.3 Å². The molecule has 0 spiro atoms. The lowest BCUT2D eigenvalue weighted by Gasteiger charge is -2.17. The zero-order valence-electron chi connectivity index (χ0n) is 19.4. The largest absolute Gasteiger partial charge is 0.478 e. The summed E-state index contributed by atoms with van der Waals surface area (Å²) in [6, 6.07) is 6.35. The molecule has 1 heterocycles. The number of rotatable bonds is 8. The number of hydrogen-bond acceptors (Lipinski definition) is 2. The van der Waals surface area contributed by atoms with Gasteiger partial charge in [0.15, 0.2) is 0 Å². The molecule has 0 aliphatic heterocycles. The van der Waals surface area contributed by atoms with Crippen molar-refractivity contribution in [1.82, 2.24) is 9.55 Å². The van der Waals surface area contributed by atoms with Crippen LogP contribution in [0.4, 0.5) is 8.78 Å². The highest BCUT2D eigenvalue weighted by Gasteiger charge is 2.17. The lowest BCUT2D eigenvalue weighted by molar-refractivity contribution is -0.132. The second-order valence-corrected chi connectivity index (χ2v) is 8.80. The maximum atomic E-state index is 13.5. The lowest BCUT2D eigenvalue weighted by atomic mass is 9.88. The van der Waals surface area contributed by atoms with E-state index in [0.29, 0.717) is 37.8 Å². The van der Waals surface area contributed by atoms with Crippen molar-refractivity contribution in [3.05, 3.63) is 119 Å². The Morgan fingerprint density at radius 2 is 1.97 bits per heavy atom. The first kappa shape index (κ1) is 24.3. The van der Waals surface area contributed by atoms with Gasteiger partial charge in [-0.3, -0.25) is 0 Å². The number of halogens is 2. The van der Waals surface area contributed by atoms with E-state index in [1.54, 1.807) is 30.7 Å². The van der Waals surface area contributed by atoms with Crippen LogP contribution in [0.2, 0.25) is 0 Å². The van der Waals surface area contributed by atoms with E-state index in [2.05, 4.69) is 4.98 Å². The predicted octanol–water partition coefficient (Wildman–Crippen LogP) is 6.97. The molecule has 2 aliphatic carbocycles. The van der Waals surface area contributed by atoms with Crippen molar-refractivity contribution in [2.45, 2.75) is 38.6 Å². The number of carbonyl (C=O) groups is 1. The first-order valence-electron chi connectivity index (χ1n) is 11.7. The van der Waals surface area contributed by atoms with Crippen LogP contribution in [0.25, 0.3) is 5.57 Å². The number of hydrogen-bond donors (Lipinski definition) is 1. The maximum absolute atomic E-state index is 13.5.